The van der Waals surface area contributed by atoms with E-state index in [2.05, 4.69) is 0 Å². The number of hydrogen-bond donors (Lipinski definition) is 1. The van der Waals surface area contributed by atoms with Crippen LogP contribution in [0.15, 0.2) is 23.1 Å². The molecular weight excluding hydrogens is 267 g/mol. The average molecular weight is 278 g/mol. The summed E-state index contributed by atoms with van der Waals surface area (Å²) in [5.74, 6) is -1.11. The highest BCUT2D eigenvalue weighted by Crippen LogP contribution is 2.23. The standard InChI is InChI=1S/C9H11FN2O5S/c1-11(4-5-13)18(16,17)7-2-3-8(10)9(6-7)12(14)15/h2-3,6,13H,4-5H2,1H3. The van der Waals surface area contributed by atoms with Gasteiger partial charge in [-0.15, -0.1) is 0 Å². The number of sulfonamides is 1. The van der Waals surface area contributed by atoms with Crippen LogP contribution >= 0.6 is 0 Å². The number of nitro groups is 1. The minimum atomic E-state index is -3.97. The summed E-state index contributed by atoms with van der Waals surface area (Å²) in [6, 6.07) is 2.31. The fraction of sp³-hybridized carbons (Fsp3) is 0.333. The third-order valence-electron chi connectivity index (χ3n) is 2.24. The van der Waals surface area contributed by atoms with E-state index in [1.807, 2.05) is 0 Å². The lowest BCUT2D eigenvalue weighted by atomic mass is 10.3. The summed E-state index contributed by atoms with van der Waals surface area (Å²) in [6.07, 6.45) is 0. The number of rotatable bonds is 5. The van der Waals surface area contributed by atoms with E-state index < -0.39 is 31.3 Å². The number of halogens is 1. The molecule has 7 nitrogen and oxygen atoms in total. The Morgan fingerprint density at radius 2 is 2.11 bits per heavy atom. The second-order valence-corrected chi connectivity index (χ2v) is 5.47. The molecule has 100 valence electrons. The average Bonchev–Trinajstić information content (AvgIpc) is 2.29. The molecular formula is C9H11FN2O5S. The van der Waals surface area contributed by atoms with Gasteiger partial charge in [0.2, 0.25) is 15.8 Å². The molecule has 1 N–H and O–H groups in total. The molecule has 0 spiro atoms. The molecule has 0 bridgehead atoms. The molecule has 0 fully saturated rings. The van der Waals surface area contributed by atoms with Crippen LogP contribution in [0.2, 0.25) is 0 Å². The maximum absolute atomic E-state index is 13.1. The maximum Gasteiger partial charge on any atom is 0.306 e. The maximum atomic E-state index is 13.1. The minimum absolute atomic E-state index is 0.159. The van der Waals surface area contributed by atoms with Gasteiger partial charge in [0.25, 0.3) is 0 Å². The molecule has 1 rings (SSSR count). The molecule has 0 unspecified atom stereocenters. The van der Waals surface area contributed by atoms with E-state index in [0.29, 0.717) is 6.07 Å². The largest absolute Gasteiger partial charge is 0.395 e. The number of nitro benzene ring substituents is 1. The summed E-state index contributed by atoms with van der Waals surface area (Å²) in [5.41, 5.74) is -0.909. The van der Waals surface area contributed by atoms with Gasteiger partial charge in [0.1, 0.15) is 0 Å². The van der Waals surface area contributed by atoms with E-state index in [1.54, 1.807) is 0 Å². The van der Waals surface area contributed by atoms with Crippen molar-refractivity contribution < 1.29 is 22.8 Å². The van der Waals surface area contributed by atoms with Crippen molar-refractivity contribution in [3.05, 3.63) is 34.1 Å². The normalized spacial score (nSPS) is 11.8. The van der Waals surface area contributed by atoms with Gasteiger partial charge >= 0.3 is 5.69 Å². The summed E-state index contributed by atoms with van der Waals surface area (Å²) in [5, 5.41) is 19.2. The predicted octanol–water partition coefficient (Wildman–Crippen LogP) is 0.347. The van der Waals surface area contributed by atoms with E-state index >= 15 is 0 Å². The van der Waals surface area contributed by atoms with Crippen LogP contribution in [0.3, 0.4) is 0 Å². The molecule has 0 heterocycles. The van der Waals surface area contributed by atoms with Crippen LogP contribution in [-0.2, 0) is 10.0 Å². The molecule has 0 aromatic heterocycles. The third kappa shape index (κ3) is 2.81. The number of benzene rings is 1. The Morgan fingerprint density at radius 1 is 1.50 bits per heavy atom. The minimum Gasteiger partial charge on any atom is -0.395 e. The number of hydrogen-bond acceptors (Lipinski definition) is 5. The highest BCUT2D eigenvalue weighted by molar-refractivity contribution is 7.89. The van der Waals surface area contributed by atoms with Gasteiger partial charge < -0.3 is 5.11 Å². The molecule has 0 aliphatic carbocycles. The fourth-order valence-corrected chi connectivity index (χ4v) is 2.42. The van der Waals surface area contributed by atoms with Crippen molar-refractivity contribution in [3.63, 3.8) is 0 Å². The van der Waals surface area contributed by atoms with E-state index in [0.717, 1.165) is 16.4 Å². The van der Waals surface area contributed by atoms with Gasteiger partial charge in [-0.3, -0.25) is 10.1 Å². The molecule has 0 saturated heterocycles. The van der Waals surface area contributed by atoms with Crippen LogP contribution in [-0.4, -0.2) is 43.0 Å². The summed E-state index contributed by atoms with van der Waals surface area (Å²) in [7, 11) is -2.76. The molecule has 0 saturated carbocycles. The van der Waals surface area contributed by atoms with Crippen molar-refractivity contribution in [1.29, 1.82) is 0 Å². The van der Waals surface area contributed by atoms with Crippen molar-refractivity contribution in [1.82, 2.24) is 4.31 Å². The number of aliphatic hydroxyl groups excluding tert-OH is 1. The quantitative estimate of drug-likeness (QED) is 0.618. The lowest BCUT2D eigenvalue weighted by Crippen LogP contribution is -2.29. The predicted molar refractivity (Wildman–Crippen MR) is 60.0 cm³/mol. The smallest absolute Gasteiger partial charge is 0.306 e. The van der Waals surface area contributed by atoms with Crippen LogP contribution in [0, 0.1) is 15.9 Å². The van der Waals surface area contributed by atoms with Crippen molar-refractivity contribution in [2.24, 2.45) is 0 Å². The van der Waals surface area contributed by atoms with Crippen molar-refractivity contribution in [3.8, 4) is 0 Å². The summed E-state index contributed by atoms with van der Waals surface area (Å²) in [4.78, 5) is 9.12. The molecule has 18 heavy (non-hydrogen) atoms. The highest BCUT2D eigenvalue weighted by atomic mass is 32.2. The van der Waals surface area contributed by atoms with Gasteiger partial charge in [-0.25, -0.2) is 8.42 Å². The third-order valence-corrected chi connectivity index (χ3v) is 4.09. The Morgan fingerprint density at radius 3 is 2.61 bits per heavy atom. The van der Waals surface area contributed by atoms with E-state index in [-0.39, 0.29) is 13.2 Å². The van der Waals surface area contributed by atoms with E-state index in [4.69, 9.17) is 5.11 Å². The van der Waals surface area contributed by atoms with E-state index in [9.17, 15) is 22.9 Å². The SMILES string of the molecule is CN(CCO)S(=O)(=O)c1ccc(F)c([N+](=O)[O-])c1. The first kappa shape index (κ1) is 14.5. The number of likely N-dealkylation sites (N-methyl/N-ethyl adjacent to an activating group) is 1. The lowest BCUT2D eigenvalue weighted by Gasteiger charge is -2.15. The highest BCUT2D eigenvalue weighted by Gasteiger charge is 2.24. The van der Waals surface area contributed by atoms with Crippen molar-refractivity contribution in [2.75, 3.05) is 20.2 Å². The Hall–Kier alpha value is -1.58. The zero-order valence-electron chi connectivity index (χ0n) is 9.41. The molecule has 0 amide bonds. The Balaban J connectivity index is 3.26. The first-order valence-corrected chi connectivity index (χ1v) is 6.26. The first-order chi connectivity index (χ1) is 8.30. The van der Waals surface area contributed by atoms with Gasteiger partial charge in [-0.05, 0) is 12.1 Å². The number of nitrogens with zero attached hydrogens (tertiary/aromatic N) is 2. The monoisotopic (exact) mass is 278 g/mol. The van der Waals surface area contributed by atoms with Gasteiger partial charge in [-0.1, -0.05) is 0 Å². The molecule has 0 aliphatic rings. The summed E-state index contributed by atoms with van der Waals surface area (Å²) in [6.45, 7) is -0.549. The Labute approximate surface area is 103 Å². The molecule has 0 radical (unpaired) electrons. The van der Waals surface area contributed by atoms with Gasteiger partial charge in [-0.2, -0.15) is 8.70 Å². The fourth-order valence-electron chi connectivity index (χ4n) is 1.23. The summed E-state index contributed by atoms with van der Waals surface area (Å²) < 4.78 is 37.6. The van der Waals surface area contributed by atoms with Gasteiger partial charge in [0, 0.05) is 19.7 Å². The van der Waals surface area contributed by atoms with E-state index in [1.165, 1.54) is 7.05 Å². The Bertz CT molecular complexity index is 560. The zero-order chi connectivity index (χ0) is 13.9. The summed E-state index contributed by atoms with van der Waals surface area (Å²) >= 11 is 0. The van der Waals surface area contributed by atoms with Gasteiger partial charge in [0.15, 0.2) is 0 Å². The first-order valence-electron chi connectivity index (χ1n) is 4.82. The van der Waals surface area contributed by atoms with Crippen molar-refractivity contribution in [2.45, 2.75) is 4.90 Å². The van der Waals surface area contributed by atoms with Crippen LogP contribution in [0.25, 0.3) is 0 Å². The second-order valence-electron chi connectivity index (χ2n) is 3.42. The second kappa shape index (κ2) is 5.38. The molecule has 0 aliphatic heterocycles. The zero-order valence-corrected chi connectivity index (χ0v) is 10.2. The topological polar surface area (TPSA) is 101 Å². The van der Waals surface area contributed by atoms with Crippen LogP contribution in [0.1, 0.15) is 0 Å². The lowest BCUT2D eigenvalue weighted by molar-refractivity contribution is -0.387. The molecule has 0 atom stereocenters. The number of aliphatic hydroxyl groups is 1. The molecule has 1 aromatic carbocycles. The van der Waals surface area contributed by atoms with Crippen LogP contribution in [0.5, 0.6) is 0 Å². The van der Waals surface area contributed by atoms with Crippen LogP contribution in [0.4, 0.5) is 10.1 Å². The van der Waals surface area contributed by atoms with Crippen LogP contribution < -0.4 is 0 Å². The van der Waals surface area contributed by atoms with Gasteiger partial charge in [0.05, 0.1) is 16.4 Å². The Kier molecular flexibility index (Phi) is 4.33. The molecule has 9 heteroatoms. The molecule has 1 aromatic rings. The van der Waals surface area contributed by atoms with Crippen molar-refractivity contribution >= 4 is 15.7 Å².